The van der Waals surface area contributed by atoms with Gasteiger partial charge in [0.15, 0.2) is 0 Å². The van der Waals surface area contributed by atoms with Gasteiger partial charge in [-0.2, -0.15) is 0 Å². The van der Waals surface area contributed by atoms with Crippen molar-refractivity contribution in [1.82, 2.24) is 0 Å². The van der Waals surface area contributed by atoms with E-state index in [2.05, 4.69) is 10.5 Å². The number of rotatable bonds is 3. The standard InChI is InChI=1S/C10H9ClN2O3/c1-6(14)9(13-16)10(15)12-8-4-2-3-7(11)5-8/h2-5,14H,1H3,(H,12,15). The summed E-state index contributed by atoms with van der Waals surface area (Å²) in [5.41, 5.74) is -0.139. The van der Waals surface area contributed by atoms with Crippen molar-refractivity contribution in [3.8, 4) is 0 Å². The number of amides is 1. The van der Waals surface area contributed by atoms with Gasteiger partial charge in [0.25, 0.3) is 5.91 Å². The molecule has 0 saturated carbocycles. The molecular weight excluding hydrogens is 232 g/mol. The van der Waals surface area contributed by atoms with Gasteiger partial charge in [-0.1, -0.05) is 17.7 Å². The average Bonchev–Trinajstić information content (AvgIpc) is 2.17. The van der Waals surface area contributed by atoms with Gasteiger partial charge in [0.05, 0.1) is 0 Å². The van der Waals surface area contributed by atoms with Crippen molar-refractivity contribution in [3.63, 3.8) is 0 Å². The van der Waals surface area contributed by atoms with E-state index in [0.717, 1.165) is 0 Å². The predicted molar refractivity (Wildman–Crippen MR) is 61.2 cm³/mol. The number of hydrogen-bond donors (Lipinski definition) is 2. The molecule has 0 saturated heterocycles. The number of aliphatic hydroxyl groups is 1. The molecule has 0 bridgehead atoms. The minimum Gasteiger partial charge on any atom is -0.510 e. The monoisotopic (exact) mass is 240 g/mol. The van der Waals surface area contributed by atoms with Crippen LogP contribution in [0.1, 0.15) is 6.92 Å². The minimum atomic E-state index is -0.780. The van der Waals surface area contributed by atoms with Crippen LogP contribution in [0, 0.1) is 4.91 Å². The van der Waals surface area contributed by atoms with Gasteiger partial charge in [-0.3, -0.25) is 4.79 Å². The summed E-state index contributed by atoms with van der Waals surface area (Å²) in [5, 5.41) is 14.3. The minimum absolute atomic E-state index is 0.417. The van der Waals surface area contributed by atoms with Crippen molar-refractivity contribution < 1.29 is 9.90 Å². The molecule has 0 radical (unpaired) electrons. The SMILES string of the molecule is CC(O)=C(N=O)C(=O)Nc1cccc(Cl)c1. The fourth-order valence-electron chi connectivity index (χ4n) is 1.03. The molecule has 0 aliphatic carbocycles. The van der Waals surface area contributed by atoms with Crippen molar-refractivity contribution in [2.75, 3.05) is 5.32 Å². The Hall–Kier alpha value is -1.88. The normalized spacial score (nSPS) is 11.6. The van der Waals surface area contributed by atoms with E-state index >= 15 is 0 Å². The summed E-state index contributed by atoms with van der Waals surface area (Å²) in [7, 11) is 0. The number of aliphatic hydroxyl groups excluding tert-OH is 1. The lowest BCUT2D eigenvalue weighted by Crippen LogP contribution is -2.14. The Bertz CT molecular complexity index is 453. The zero-order valence-corrected chi connectivity index (χ0v) is 9.15. The number of nitrogens with one attached hydrogen (secondary N) is 1. The second-order valence-electron chi connectivity index (χ2n) is 2.99. The van der Waals surface area contributed by atoms with Gasteiger partial charge >= 0.3 is 0 Å². The van der Waals surface area contributed by atoms with Gasteiger partial charge in [-0.05, 0) is 30.3 Å². The van der Waals surface area contributed by atoms with Crippen molar-refractivity contribution in [2.45, 2.75) is 6.92 Å². The van der Waals surface area contributed by atoms with Crippen molar-refractivity contribution >= 4 is 23.2 Å². The lowest BCUT2D eigenvalue weighted by molar-refractivity contribution is -0.113. The molecule has 5 nitrogen and oxygen atoms in total. The highest BCUT2D eigenvalue weighted by molar-refractivity contribution is 6.30. The second-order valence-corrected chi connectivity index (χ2v) is 3.43. The summed E-state index contributed by atoms with van der Waals surface area (Å²) in [5.74, 6) is -1.22. The molecule has 0 unspecified atom stereocenters. The number of carbonyl (C=O) groups is 1. The van der Waals surface area contributed by atoms with Gasteiger partial charge in [-0.15, -0.1) is 4.91 Å². The van der Waals surface area contributed by atoms with Crippen LogP contribution in [0.2, 0.25) is 5.02 Å². The molecule has 0 fully saturated rings. The van der Waals surface area contributed by atoms with Gasteiger partial charge < -0.3 is 10.4 Å². The topological polar surface area (TPSA) is 78.8 Å². The molecule has 0 heterocycles. The molecule has 84 valence electrons. The Labute approximate surface area is 96.7 Å². The summed E-state index contributed by atoms with van der Waals surface area (Å²) < 4.78 is 0. The third kappa shape index (κ3) is 3.06. The first-order valence-electron chi connectivity index (χ1n) is 4.34. The van der Waals surface area contributed by atoms with E-state index in [-0.39, 0.29) is 0 Å². The van der Waals surface area contributed by atoms with Crippen molar-refractivity contribution in [2.24, 2.45) is 5.18 Å². The highest BCUT2D eigenvalue weighted by atomic mass is 35.5. The second kappa shape index (κ2) is 5.27. The van der Waals surface area contributed by atoms with Crippen LogP contribution in [0.5, 0.6) is 0 Å². The van der Waals surface area contributed by atoms with E-state index in [0.29, 0.717) is 10.7 Å². The Morgan fingerprint density at radius 3 is 2.69 bits per heavy atom. The molecule has 1 amide bonds. The lowest BCUT2D eigenvalue weighted by atomic mass is 10.3. The number of carbonyl (C=O) groups excluding carboxylic acids is 1. The number of allylic oxidation sites excluding steroid dienone is 1. The van der Waals surface area contributed by atoms with Gasteiger partial charge in [0.2, 0.25) is 5.70 Å². The number of anilines is 1. The van der Waals surface area contributed by atoms with Gasteiger partial charge in [0.1, 0.15) is 5.76 Å². The number of halogens is 1. The molecule has 2 N–H and O–H groups in total. The van der Waals surface area contributed by atoms with Crippen LogP contribution in [0.3, 0.4) is 0 Å². The van der Waals surface area contributed by atoms with Crippen LogP contribution in [0.4, 0.5) is 5.69 Å². The number of nitroso groups, excluding NO2 is 1. The molecule has 1 aromatic carbocycles. The first-order valence-corrected chi connectivity index (χ1v) is 4.72. The van der Waals surface area contributed by atoms with Crippen molar-refractivity contribution in [1.29, 1.82) is 0 Å². The fourth-order valence-corrected chi connectivity index (χ4v) is 1.22. The highest BCUT2D eigenvalue weighted by Crippen LogP contribution is 2.16. The molecule has 0 spiro atoms. The molecular formula is C10H9ClN2O3. The van der Waals surface area contributed by atoms with Crippen molar-refractivity contribution in [3.05, 3.63) is 45.7 Å². The molecule has 0 aromatic heterocycles. The highest BCUT2D eigenvalue weighted by Gasteiger charge is 2.13. The third-order valence-electron chi connectivity index (χ3n) is 1.73. The molecule has 0 aliphatic rings. The lowest BCUT2D eigenvalue weighted by Gasteiger charge is -2.04. The third-order valence-corrected chi connectivity index (χ3v) is 1.97. The van der Waals surface area contributed by atoms with E-state index in [1.165, 1.54) is 13.0 Å². The Morgan fingerprint density at radius 2 is 2.19 bits per heavy atom. The van der Waals surface area contributed by atoms with Gasteiger partial charge in [0, 0.05) is 10.7 Å². The quantitative estimate of drug-likeness (QED) is 0.484. The zero-order chi connectivity index (χ0) is 12.1. The first kappa shape index (κ1) is 12.2. The Morgan fingerprint density at radius 1 is 1.50 bits per heavy atom. The predicted octanol–water partition coefficient (Wildman–Crippen LogP) is 2.83. The Balaban J connectivity index is 2.87. The van der Waals surface area contributed by atoms with Crippen LogP contribution in [-0.2, 0) is 4.79 Å². The maximum Gasteiger partial charge on any atom is 0.281 e. The first-order chi connectivity index (χ1) is 7.54. The summed E-state index contributed by atoms with van der Waals surface area (Å²) >= 11 is 5.71. The van der Waals surface area contributed by atoms with E-state index in [9.17, 15) is 9.70 Å². The van der Waals surface area contributed by atoms with Crippen LogP contribution in [0.25, 0.3) is 0 Å². The summed E-state index contributed by atoms with van der Waals surface area (Å²) in [6, 6.07) is 6.39. The molecule has 16 heavy (non-hydrogen) atoms. The van der Waals surface area contributed by atoms with E-state index < -0.39 is 17.4 Å². The number of nitrogens with zero attached hydrogens (tertiary/aromatic N) is 1. The van der Waals surface area contributed by atoms with E-state index in [4.69, 9.17) is 16.7 Å². The van der Waals surface area contributed by atoms with Gasteiger partial charge in [-0.25, -0.2) is 0 Å². The summed E-state index contributed by atoms with van der Waals surface area (Å²) in [6.07, 6.45) is 0. The van der Waals surface area contributed by atoms with E-state index in [1.54, 1.807) is 18.2 Å². The molecule has 0 atom stereocenters. The number of benzene rings is 1. The Kier molecular flexibility index (Phi) is 4.02. The maximum atomic E-state index is 11.4. The smallest absolute Gasteiger partial charge is 0.281 e. The average molecular weight is 241 g/mol. The molecule has 1 aromatic rings. The van der Waals surface area contributed by atoms with Crippen LogP contribution in [0.15, 0.2) is 40.9 Å². The maximum absolute atomic E-state index is 11.4. The van der Waals surface area contributed by atoms with E-state index in [1.807, 2.05) is 0 Å². The zero-order valence-electron chi connectivity index (χ0n) is 8.40. The fraction of sp³-hybridized carbons (Fsp3) is 0.100. The van der Waals surface area contributed by atoms with Crippen LogP contribution >= 0.6 is 11.6 Å². The molecule has 1 rings (SSSR count). The summed E-state index contributed by atoms with van der Waals surface area (Å²) in [6.45, 7) is 1.20. The number of hydrogen-bond acceptors (Lipinski definition) is 4. The molecule has 0 aliphatic heterocycles. The van der Waals surface area contributed by atoms with Crippen LogP contribution < -0.4 is 5.32 Å². The van der Waals surface area contributed by atoms with Crippen LogP contribution in [-0.4, -0.2) is 11.0 Å². The summed E-state index contributed by atoms with van der Waals surface area (Å²) in [4.78, 5) is 21.7. The molecule has 6 heteroatoms. The largest absolute Gasteiger partial charge is 0.510 e.